The van der Waals surface area contributed by atoms with Crippen molar-refractivity contribution in [2.45, 2.75) is 19.3 Å². The molecule has 0 radical (unpaired) electrons. The summed E-state index contributed by atoms with van der Waals surface area (Å²) in [7, 11) is 3.14. The molecule has 0 bridgehead atoms. The van der Waals surface area contributed by atoms with E-state index >= 15 is 0 Å². The maximum absolute atomic E-state index is 12.8. The van der Waals surface area contributed by atoms with Gasteiger partial charge in [0.2, 0.25) is 17.8 Å². The molecule has 0 spiro atoms. The number of carbonyl (C=O) groups excluding carboxylic acids is 2. The second kappa shape index (κ2) is 11.4. The van der Waals surface area contributed by atoms with E-state index in [0.29, 0.717) is 61.8 Å². The summed E-state index contributed by atoms with van der Waals surface area (Å²) in [5.74, 6) is 2.31. The van der Waals surface area contributed by atoms with Gasteiger partial charge in [0, 0.05) is 25.1 Å². The van der Waals surface area contributed by atoms with E-state index in [-0.39, 0.29) is 23.7 Å². The lowest BCUT2D eigenvalue weighted by Gasteiger charge is -2.31. The standard InChI is InChI=1S/C25H29N5O5/c1-33-19-8-9-20(21(16-19)34-2)23-26-25(29-28-23)27-24(32)17-10-13-30(14-11-17)22(31)12-15-35-18-6-4-3-5-7-18/h3-9,16-17H,10-15H2,1-2H3,(H2,26,27,28,29,32). The quantitative estimate of drug-likeness (QED) is 0.484. The first-order chi connectivity index (χ1) is 17.1. The fourth-order valence-electron chi connectivity index (χ4n) is 3.97. The number of H-pyrrole nitrogens is 1. The van der Waals surface area contributed by atoms with Crippen LogP contribution in [0.25, 0.3) is 11.4 Å². The number of hydrogen-bond acceptors (Lipinski definition) is 7. The molecular formula is C25H29N5O5. The van der Waals surface area contributed by atoms with Crippen molar-refractivity contribution in [2.75, 3.05) is 39.2 Å². The highest BCUT2D eigenvalue weighted by atomic mass is 16.5. The molecular weight excluding hydrogens is 450 g/mol. The van der Waals surface area contributed by atoms with Crippen molar-refractivity contribution >= 4 is 17.8 Å². The number of aromatic nitrogens is 3. The Bertz CT molecular complexity index is 1140. The zero-order chi connectivity index (χ0) is 24.6. The summed E-state index contributed by atoms with van der Waals surface area (Å²) in [6.45, 7) is 1.39. The van der Waals surface area contributed by atoms with Crippen LogP contribution in [0.2, 0.25) is 0 Å². The number of anilines is 1. The predicted octanol–water partition coefficient (Wildman–Crippen LogP) is 3.14. The van der Waals surface area contributed by atoms with E-state index in [0.717, 1.165) is 5.75 Å². The third-order valence-corrected chi connectivity index (χ3v) is 5.93. The van der Waals surface area contributed by atoms with Crippen LogP contribution in [0, 0.1) is 5.92 Å². The summed E-state index contributed by atoms with van der Waals surface area (Å²) >= 11 is 0. The third-order valence-electron chi connectivity index (χ3n) is 5.93. The molecule has 0 atom stereocenters. The van der Waals surface area contributed by atoms with Gasteiger partial charge in [-0.05, 0) is 37.1 Å². The minimum Gasteiger partial charge on any atom is -0.497 e. The van der Waals surface area contributed by atoms with Gasteiger partial charge in [0.1, 0.15) is 17.2 Å². The van der Waals surface area contributed by atoms with Crippen LogP contribution in [0.3, 0.4) is 0 Å². The van der Waals surface area contributed by atoms with E-state index in [1.807, 2.05) is 30.3 Å². The maximum Gasteiger partial charge on any atom is 0.249 e. The second-order valence-electron chi connectivity index (χ2n) is 8.13. The number of rotatable bonds is 9. The van der Waals surface area contributed by atoms with Gasteiger partial charge in [-0.3, -0.25) is 20.0 Å². The summed E-state index contributed by atoms with van der Waals surface area (Å²) in [6, 6.07) is 14.8. The van der Waals surface area contributed by atoms with Gasteiger partial charge < -0.3 is 19.1 Å². The largest absolute Gasteiger partial charge is 0.497 e. The lowest BCUT2D eigenvalue weighted by atomic mass is 9.96. The number of benzene rings is 2. The average Bonchev–Trinajstić information content (AvgIpc) is 3.37. The van der Waals surface area contributed by atoms with Gasteiger partial charge in [-0.1, -0.05) is 18.2 Å². The van der Waals surface area contributed by atoms with E-state index in [4.69, 9.17) is 14.2 Å². The molecule has 2 N–H and O–H groups in total. The monoisotopic (exact) mass is 479 g/mol. The zero-order valence-electron chi connectivity index (χ0n) is 19.8. The predicted molar refractivity (Wildman–Crippen MR) is 129 cm³/mol. The number of amides is 2. The maximum atomic E-state index is 12.8. The first-order valence-electron chi connectivity index (χ1n) is 11.5. The van der Waals surface area contributed by atoms with E-state index in [1.54, 1.807) is 37.3 Å². The highest BCUT2D eigenvalue weighted by molar-refractivity contribution is 5.91. The van der Waals surface area contributed by atoms with E-state index in [9.17, 15) is 9.59 Å². The van der Waals surface area contributed by atoms with Crippen LogP contribution in [-0.2, 0) is 9.59 Å². The summed E-state index contributed by atoms with van der Waals surface area (Å²) < 4.78 is 16.2. The number of nitrogens with one attached hydrogen (secondary N) is 2. The number of hydrogen-bond donors (Lipinski definition) is 2. The zero-order valence-corrected chi connectivity index (χ0v) is 19.8. The normalized spacial score (nSPS) is 13.8. The lowest BCUT2D eigenvalue weighted by Crippen LogP contribution is -2.41. The highest BCUT2D eigenvalue weighted by Crippen LogP contribution is 2.31. The fraction of sp³-hybridized carbons (Fsp3) is 0.360. The molecule has 10 heteroatoms. The number of methoxy groups -OCH3 is 2. The van der Waals surface area contributed by atoms with Crippen LogP contribution in [0.1, 0.15) is 19.3 Å². The van der Waals surface area contributed by atoms with Crippen molar-refractivity contribution in [3.63, 3.8) is 0 Å². The number of ether oxygens (including phenoxy) is 3. The minimum absolute atomic E-state index is 0.0341. The third kappa shape index (κ3) is 6.08. The smallest absolute Gasteiger partial charge is 0.249 e. The second-order valence-corrected chi connectivity index (χ2v) is 8.13. The Morgan fingerprint density at radius 3 is 2.54 bits per heavy atom. The Hall–Kier alpha value is -4.08. The Labute approximate surface area is 203 Å². The lowest BCUT2D eigenvalue weighted by molar-refractivity contribution is -0.135. The molecule has 0 unspecified atom stereocenters. The van der Waals surface area contributed by atoms with Crippen LogP contribution in [0.15, 0.2) is 48.5 Å². The molecule has 184 valence electrons. The van der Waals surface area contributed by atoms with E-state index < -0.39 is 0 Å². The number of aromatic amines is 1. The van der Waals surface area contributed by atoms with Crippen LogP contribution in [0.4, 0.5) is 5.95 Å². The van der Waals surface area contributed by atoms with Crippen LogP contribution in [0.5, 0.6) is 17.2 Å². The molecule has 1 aromatic heterocycles. The van der Waals surface area contributed by atoms with Gasteiger partial charge in [-0.25, -0.2) is 0 Å². The van der Waals surface area contributed by atoms with Gasteiger partial charge in [-0.15, -0.1) is 5.10 Å². The number of nitrogens with zero attached hydrogens (tertiary/aromatic N) is 3. The van der Waals surface area contributed by atoms with Crippen molar-refractivity contribution in [1.82, 2.24) is 20.1 Å². The van der Waals surface area contributed by atoms with Crippen molar-refractivity contribution in [3.8, 4) is 28.6 Å². The molecule has 35 heavy (non-hydrogen) atoms. The molecule has 2 aromatic carbocycles. The van der Waals surface area contributed by atoms with Gasteiger partial charge in [0.15, 0.2) is 5.82 Å². The first kappa shape index (κ1) is 24.1. The topological polar surface area (TPSA) is 119 Å². The van der Waals surface area contributed by atoms with Crippen LogP contribution >= 0.6 is 0 Å². The van der Waals surface area contributed by atoms with Gasteiger partial charge >= 0.3 is 0 Å². The van der Waals surface area contributed by atoms with Crippen molar-refractivity contribution < 1.29 is 23.8 Å². The molecule has 3 aromatic rings. The molecule has 0 aliphatic carbocycles. The first-order valence-corrected chi connectivity index (χ1v) is 11.5. The molecule has 1 fully saturated rings. The van der Waals surface area contributed by atoms with Crippen molar-refractivity contribution in [3.05, 3.63) is 48.5 Å². The molecule has 10 nitrogen and oxygen atoms in total. The Morgan fingerprint density at radius 2 is 1.83 bits per heavy atom. The molecule has 1 aliphatic rings. The van der Waals surface area contributed by atoms with Gasteiger partial charge in [0.05, 0.1) is 32.8 Å². The SMILES string of the molecule is COc1ccc(-c2nc(NC(=O)C3CCN(C(=O)CCOc4ccccc4)CC3)n[nH]2)c(OC)c1. The number of para-hydroxylation sites is 1. The van der Waals surface area contributed by atoms with Crippen molar-refractivity contribution in [1.29, 1.82) is 0 Å². The molecule has 1 saturated heterocycles. The van der Waals surface area contributed by atoms with E-state index in [1.165, 1.54) is 0 Å². The van der Waals surface area contributed by atoms with Crippen LogP contribution in [-0.4, -0.2) is 65.8 Å². The highest BCUT2D eigenvalue weighted by Gasteiger charge is 2.28. The van der Waals surface area contributed by atoms with Crippen molar-refractivity contribution in [2.24, 2.45) is 5.92 Å². The summed E-state index contributed by atoms with van der Waals surface area (Å²) in [5, 5.41) is 9.73. The summed E-state index contributed by atoms with van der Waals surface area (Å²) in [6.07, 6.45) is 1.47. The Kier molecular flexibility index (Phi) is 7.81. The van der Waals surface area contributed by atoms with Crippen LogP contribution < -0.4 is 19.5 Å². The summed E-state index contributed by atoms with van der Waals surface area (Å²) in [5.41, 5.74) is 0.698. The number of likely N-dealkylation sites (tertiary alicyclic amines) is 1. The summed E-state index contributed by atoms with van der Waals surface area (Å²) in [4.78, 5) is 31.4. The molecule has 0 saturated carbocycles. The molecule has 2 amide bonds. The molecule has 1 aliphatic heterocycles. The van der Waals surface area contributed by atoms with Gasteiger partial charge in [0.25, 0.3) is 0 Å². The average molecular weight is 480 g/mol. The number of piperidine rings is 1. The fourth-order valence-corrected chi connectivity index (χ4v) is 3.97. The Balaban J connectivity index is 1.25. The molecule has 2 heterocycles. The number of carbonyl (C=O) groups is 2. The Morgan fingerprint density at radius 1 is 1.06 bits per heavy atom. The minimum atomic E-state index is -0.211. The van der Waals surface area contributed by atoms with Gasteiger partial charge in [-0.2, -0.15) is 4.98 Å². The molecule has 4 rings (SSSR count). The van der Waals surface area contributed by atoms with E-state index in [2.05, 4.69) is 20.5 Å².